The maximum absolute atomic E-state index is 10.8. The van der Waals surface area contributed by atoms with E-state index in [9.17, 15) is 15.4 Å². The highest BCUT2D eigenvalue weighted by molar-refractivity contribution is 7.98. The number of nitrogens with one attached hydrogen (secondary N) is 2. The van der Waals surface area contributed by atoms with Gasteiger partial charge < -0.3 is 20.0 Å². The van der Waals surface area contributed by atoms with Crippen molar-refractivity contribution >= 4 is 23.0 Å². The highest BCUT2D eigenvalue weighted by atomic mass is 32.2. The van der Waals surface area contributed by atoms with Gasteiger partial charge in [0.05, 0.1) is 22.8 Å². The third kappa shape index (κ3) is 6.85. The van der Waals surface area contributed by atoms with Crippen LogP contribution in [0.4, 0.5) is 5.69 Å². The predicted octanol–water partition coefficient (Wildman–Crippen LogP) is 3.18. The largest absolute Gasteiger partial charge is 0.464 e. The molecule has 0 aliphatic rings. The van der Waals surface area contributed by atoms with Crippen molar-refractivity contribution in [2.45, 2.75) is 12.3 Å². The molecule has 0 aliphatic heterocycles. The number of allylic oxidation sites excluding steroid dienone is 1. The summed E-state index contributed by atoms with van der Waals surface area (Å²) in [6.07, 6.45) is 0. The third-order valence-corrected chi connectivity index (χ3v) is 4.94. The first kappa shape index (κ1) is 22.3. The molecule has 2 N–H and O–H groups in total. The molecule has 0 amide bonds. The number of nitrogens with zero attached hydrogens (tertiary/aromatic N) is 3. The van der Waals surface area contributed by atoms with Crippen molar-refractivity contribution in [3.05, 3.63) is 69.4 Å². The smallest absolute Gasteiger partial charge is 0.269 e. The van der Waals surface area contributed by atoms with E-state index < -0.39 is 4.92 Å². The fourth-order valence-electron chi connectivity index (χ4n) is 2.63. The number of nitro benzene ring substituents is 1. The molecule has 0 saturated carbocycles. The van der Waals surface area contributed by atoms with Gasteiger partial charge in [0.2, 0.25) is 0 Å². The first-order valence-electron chi connectivity index (χ1n) is 9.05. The number of nitro groups is 1. The first-order chi connectivity index (χ1) is 13.9. The van der Waals surface area contributed by atoms with E-state index >= 15 is 0 Å². The average molecular weight is 416 g/mol. The van der Waals surface area contributed by atoms with Crippen molar-refractivity contribution in [2.75, 3.05) is 33.4 Å². The van der Waals surface area contributed by atoms with Gasteiger partial charge in [0.25, 0.3) is 5.69 Å². The molecule has 1 aromatic carbocycles. The zero-order valence-electron chi connectivity index (χ0n) is 16.8. The van der Waals surface area contributed by atoms with Crippen LogP contribution in [0.5, 0.6) is 0 Å². The molecule has 29 heavy (non-hydrogen) atoms. The molecule has 154 valence electrons. The molecule has 0 atom stereocenters. The summed E-state index contributed by atoms with van der Waals surface area (Å²) in [5, 5.41) is 26.5. The van der Waals surface area contributed by atoms with Crippen LogP contribution >= 0.6 is 11.8 Å². The third-order valence-electron chi connectivity index (χ3n) is 3.96. The lowest BCUT2D eigenvalue weighted by Gasteiger charge is -2.13. The van der Waals surface area contributed by atoms with Gasteiger partial charge in [-0.1, -0.05) is 0 Å². The SMILES string of the molecule is CN/C(NCCSCc1ccc(CN(C)C)o1)=C(/C#N)c1ccc([N+](=O)[O-])cc1. The van der Waals surface area contributed by atoms with Crippen LogP contribution in [0.25, 0.3) is 5.57 Å². The molecule has 0 unspecified atom stereocenters. The van der Waals surface area contributed by atoms with Gasteiger partial charge >= 0.3 is 0 Å². The lowest BCUT2D eigenvalue weighted by Crippen LogP contribution is -2.27. The summed E-state index contributed by atoms with van der Waals surface area (Å²) in [5.41, 5.74) is 1.02. The van der Waals surface area contributed by atoms with Gasteiger partial charge in [-0.3, -0.25) is 10.1 Å². The summed E-state index contributed by atoms with van der Waals surface area (Å²) < 4.78 is 5.79. The number of non-ortho nitro benzene ring substituents is 1. The second-order valence-corrected chi connectivity index (χ2v) is 7.61. The van der Waals surface area contributed by atoms with Crippen molar-refractivity contribution < 1.29 is 9.34 Å². The molecule has 2 aromatic rings. The Morgan fingerprint density at radius 3 is 2.52 bits per heavy atom. The average Bonchev–Trinajstić information content (AvgIpc) is 3.13. The molecule has 0 fully saturated rings. The molecule has 9 heteroatoms. The number of rotatable bonds is 11. The number of furan rings is 1. The molecule has 8 nitrogen and oxygen atoms in total. The number of hydrogen-bond donors (Lipinski definition) is 2. The van der Waals surface area contributed by atoms with E-state index in [0.29, 0.717) is 23.5 Å². The van der Waals surface area contributed by atoms with Crippen LogP contribution in [-0.4, -0.2) is 43.3 Å². The quantitative estimate of drug-likeness (QED) is 0.249. The van der Waals surface area contributed by atoms with Gasteiger partial charge in [0.1, 0.15) is 23.4 Å². The predicted molar refractivity (Wildman–Crippen MR) is 115 cm³/mol. The first-order valence-corrected chi connectivity index (χ1v) is 10.2. The van der Waals surface area contributed by atoms with Gasteiger partial charge in [-0.25, -0.2) is 0 Å². The summed E-state index contributed by atoms with van der Waals surface area (Å²) >= 11 is 1.73. The Bertz CT molecular complexity index is 884. The van der Waals surface area contributed by atoms with Crippen LogP contribution in [0, 0.1) is 21.4 Å². The maximum atomic E-state index is 10.8. The van der Waals surface area contributed by atoms with Crippen LogP contribution in [0.2, 0.25) is 0 Å². The van der Waals surface area contributed by atoms with Gasteiger partial charge in [-0.15, -0.1) is 0 Å². The van der Waals surface area contributed by atoms with Crippen molar-refractivity contribution in [1.29, 1.82) is 5.26 Å². The molecule has 1 heterocycles. The lowest BCUT2D eigenvalue weighted by molar-refractivity contribution is -0.384. The van der Waals surface area contributed by atoms with Crippen molar-refractivity contribution in [3.8, 4) is 6.07 Å². The van der Waals surface area contributed by atoms with E-state index in [1.54, 1.807) is 30.9 Å². The summed E-state index contributed by atoms with van der Waals surface area (Å²) in [7, 11) is 5.73. The molecule has 0 aliphatic carbocycles. The Morgan fingerprint density at radius 1 is 1.24 bits per heavy atom. The molecule has 2 rings (SSSR count). The standard InChI is InChI=1S/C20H25N5O3S/c1-22-20(19(12-21)15-4-6-16(7-5-15)25(26)27)23-10-11-29-14-18-9-8-17(28-18)13-24(2)3/h4-9,22-23H,10-11,13-14H2,1-3H3/b20-19+. The van der Waals surface area contributed by atoms with Crippen LogP contribution in [-0.2, 0) is 12.3 Å². The summed E-state index contributed by atoms with van der Waals surface area (Å²) in [6, 6.07) is 12.1. The number of nitriles is 1. The van der Waals surface area contributed by atoms with Crippen molar-refractivity contribution in [3.63, 3.8) is 0 Å². The lowest BCUT2D eigenvalue weighted by atomic mass is 10.1. The molecule has 0 spiro atoms. The Morgan fingerprint density at radius 2 is 1.93 bits per heavy atom. The molecule has 0 radical (unpaired) electrons. The second kappa shape index (κ2) is 11.1. The van der Waals surface area contributed by atoms with E-state index in [0.717, 1.165) is 29.6 Å². The maximum Gasteiger partial charge on any atom is 0.269 e. The Labute approximate surface area is 174 Å². The zero-order chi connectivity index (χ0) is 21.2. The monoisotopic (exact) mass is 415 g/mol. The molecular weight excluding hydrogens is 390 g/mol. The Hall–Kier alpha value is -2.96. The van der Waals surface area contributed by atoms with Crippen LogP contribution in [0.3, 0.4) is 0 Å². The zero-order valence-corrected chi connectivity index (χ0v) is 17.6. The van der Waals surface area contributed by atoms with Gasteiger partial charge in [-0.2, -0.15) is 17.0 Å². The second-order valence-electron chi connectivity index (χ2n) is 6.50. The van der Waals surface area contributed by atoms with Gasteiger partial charge in [-0.05, 0) is 43.9 Å². The Kier molecular flexibility index (Phi) is 8.58. The topological polar surface area (TPSA) is 107 Å². The van der Waals surface area contributed by atoms with Gasteiger partial charge in [0, 0.05) is 31.5 Å². The normalized spacial score (nSPS) is 11.7. The molecule has 0 saturated heterocycles. The van der Waals surface area contributed by atoms with Crippen LogP contribution < -0.4 is 10.6 Å². The Balaban J connectivity index is 1.88. The van der Waals surface area contributed by atoms with E-state index in [4.69, 9.17) is 4.42 Å². The van der Waals surface area contributed by atoms with Gasteiger partial charge in [0.15, 0.2) is 0 Å². The summed E-state index contributed by atoms with van der Waals surface area (Å²) in [6.45, 7) is 1.44. The van der Waals surface area contributed by atoms with E-state index in [1.807, 2.05) is 26.2 Å². The summed E-state index contributed by atoms with van der Waals surface area (Å²) in [4.78, 5) is 12.4. The molecule has 1 aromatic heterocycles. The van der Waals surface area contributed by atoms with Crippen molar-refractivity contribution in [1.82, 2.24) is 15.5 Å². The number of thioether (sulfide) groups is 1. The van der Waals surface area contributed by atoms with Crippen molar-refractivity contribution in [2.24, 2.45) is 0 Å². The van der Waals surface area contributed by atoms with E-state index in [2.05, 4.69) is 21.6 Å². The highest BCUT2D eigenvalue weighted by Crippen LogP contribution is 2.20. The van der Waals surface area contributed by atoms with E-state index in [1.165, 1.54) is 12.1 Å². The summed E-state index contributed by atoms with van der Waals surface area (Å²) in [5.74, 6) is 4.09. The highest BCUT2D eigenvalue weighted by Gasteiger charge is 2.11. The minimum atomic E-state index is -0.462. The fourth-order valence-corrected chi connectivity index (χ4v) is 3.38. The van der Waals surface area contributed by atoms with E-state index in [-0.39, 0.29) is 5.69 Å². The minimum absolute atomic E-state index is 0.00641. The van der Waals surface area contributed by atoms with Crippen LogP contribution in [0.15, 0.2) is 46.6 Å². The number of benzene rings is 1. The minimum Gasteiger partial charge on any atom is -0.464 e. The fraction of sp³-hybridized carbons (Fsp3) is 0.350. The van der Waals surface area contributed by atoms with Crippen LogP contribution in [0.1, 0.15) is 17.1 Å². The number of hydrogen-bond acceptors (Lipinski definition) is 8. The molecular formula is C20H25N5O3S. The molecule has 0 bridgehead atoms.